The van der Waals surface area contributed by atoms with Crippen molar-refractivity contribution in [3.63, 3.8) is 0 Å². The summed E-state index contributed by atoms with van der Waals surface area (Å²) in [5, 5.41) is 11.0. The van der Waals surface area contributed by atoms with Crippen LogP contribution in [-0.4, -0.2) is 25.9 Å². The molecule has 23 heavy (non-hydrogen) atoms. The summed E-state index contributed by atoms with van der Waals surface area (Å²) in [6, 6.07) is 4.10. The van der Waals surface area contributed by atoms with Crippen LogP contribution in [-0.2, 0) is 11.3 Å². The largest absolute Gasteiger partial charge is 0.323 e. The topological polar surface area (TPSA) is 59.8 Å². The van der Waals surface area contributed by atoms with Gasteiger partial charge < -0.3 is 9.88 Å². The average molecular weight is 355 g/mol. The number of anilines is 1. The average Bonchev–Trinajstić information content (AvgIpc) is 2.83. The third kappa shape index (κ3) is 4.33. The minimum atomic E-state index is -0.575. The maximum atomic E-state index is 13.7. The minimum Gasteiger partial charge on any atom is -0.323 e. The Labute approximate surface area is 142 Å². The molecule has 0 aliphatic rings. The Morgan fingerprint density at radius 3 is 2.96 bits per heavy atom. The lowest BCUT2D eigenvalue weighted by Crippen LogP contribution is -2.23. The zero-order valence-corrected chi connectivity index (χ0v) is 14.3. The molecule has 0 aliphatic heterocycles. The van der Waals surface area contributed by atoms with Gasteiger partial charge in [-0.05, 0) is 32.0 Å². The van der Waals surface area contributed by atoms with Gasteiger partial charge >= 0.3 is 0 Å². The Balaban J connectivity index is 2.07. The summed E-state index contributed by atoms with van der Waals surface area (Å²) in [7, 11) is 0. The van der Waals surface area contributed by atoms with E-state index < -0.39 is 11.1 Å². The highest BCUT2D eigenvalue weighted by Gasteiger charge is 2.20. The number of aryl methyl sites for hydroxylation is 1. The van der Waals surface area contributed by atoms with Crippen LogP contribution in [0.1, 0.15) is 12.7 Å². The molecule has 0 saturated heterocycles. The van der Waals surface area contributed by atoms with Crippen LogP contribution in [0.5, 0.6) is 0 Å². The van der Waals surface area contributed by atoms with E-state index in [4.69, 9.17) is 11.6 Å². The number of nitrogens with zero attached hydrogens (tertiary/aromatic N) is 3. The lowest BCUT2D eigenvalue weighted by Gasteiger charge is -2.13. The number of halogens is 2. The lowest BCUT2D eigenvalue weighted by atomic mass is 10.3. The van der Waals surface area contributed by atoms with E-state index in [1.165, 1.54) is 23.9 Å². The number of benzene rings is 1. The van der Waals surface area contributed by atoms with E-state index >= 15 is 0 Å². The standard InChI is InChI=1S/C15H16ClFN4OS/c1-4-7-21-10(3)19-20-15(21)23-9(2)14(22)18-13-6-5-11(16)8-12(13)17/h4-6,8-9H,1,7H2,2-3H3,(H,18,22). The highest BCUT2D eigenvalue weighted by molar-refractivity contribution is 8.00. The van der Waals surface area contributed by atoms with Gasteiger partial charge in [-0.2, -0.15) is 0 Å². The van der Waals surface area contributed by atoms with Gasteiger partial charge in [0.2, 0.25) is 5.91 Å². The number of carbonyl (C=O) groups excluding carboxylic acids is 1. The SMILES string of the molecule is C=CCn1c(C)nnc1SC(C)C(=O)Nc1ccc(Cl)cc1F. The molecule has 1 unspecified atom stereocenters. The molecule has 8 heteroatoms. The van der Waals surface area contributed by atoms with Crippen molar-refractivity contribution in [3.8, 4) is 0 Å². The van der Waals surface area contributed by atoms with E-state index in [0.29, 0.717) is 11.7 Å². The highest BCUT2D eigenvalue weighted by Crippen LogP contribution is 2.24. The third-order valence-electron chi connectivity index (χ3n) is 3.05. The van der Waals surface area contributed by atoms with Crippen LogP contribution in [0.2, 0.25) is 5.02 Å². The number of thioether (sulfide) groups is 1. The van der Waals surface area contributed by atoms with Crippen LogP contribution in [0.3, 0.4) is 0 Å². The fraction of sp³-hybridized carbons (Fsp3) is 0.267. The van der Waals surface area contributed by atoms with E-state index in [1.807, 2.05) is 11.5 Å². The normalized spacial score (nSPS) is 12.0. The van der Waals surface area contributed by atoms with E-state index in [1.54, 1.807) is 13.0 Å². The molecule has 1 heterocycles. The van der Waals surface area contributed by atoms with Crippen molar-refractivity contribution >= 4 is 35.0 Å². The fourth-order valence-corrected chi connectivity index (χ4v) is 2.89. The smallest absolute Gasteiger partial charge is 0.237 e. The minimum absolute atomic E-state index is 0.0931. The molecule has 0 bridgehead atoms. The number of hydrogen-bond acceptors (Lipinski definition) is 4. The van der Waals surface area contributed by atoms with Crippen molar-refractivity contribution in [1.29, 1.82) is 0 Å². The van der Waals surface area contributed by atoms with Gasteiger partial charge in [0.05, 0.1) is 10.9 Å². The number of aromatic nitrogens is 3. The van der Waals surface area contributed by atoms with Gasteiger partial charge in [0, 0.05) is 11.6 Å². The van der Waals surface area contributed by atoms with Gasteiger partial charge in [0.25, 0.3) is 0 Å². The second-order valence-electron chi connectivity index (χ2n) is 4.80. The van der Waals surface area contributed by atoms with Crippen LogP contribution in [0, 0.1) is 12.7 Å². The predicted molar refractivity (Wildman–Crippen MR) is 90.3 cm³/mol. The number of amides is 1. The van der Waals surface area contributed by atoms with Gasteiger partial charge in [0.1, 0.15) is 11.6 Å². The second kappa shape index (κ2) is 7.61. The van der Waals surface area contributed by atoms with Crippen LogP contribution < -0.4 is 5.32 Å². The summed E-state index contributed by atoms with van der Waals surface area (Å²) >= 11 is 6.94. The fourth-order valence-electron chi connectivity index (χ4n) is 1.82. The first-order valence-electron chi connectivity index (χ1n) is 6.85. The summed E-state index contributed by atoms with van der Waals surface area (Å²) in [4.78, 5) is 12.2. The van der Waals surface area contributed by atoms with Crippen LogP contribution in [0.4, 0.5) is 10.1 Å². The molecule has 122 valence electrons. The zero-order chi connectivity index (χ0) is 17.0. The molecular formula is C15H16ClFN4OS. The number of hydrogen-bond donors (Lipinski definition) is 1. The Hall–Kier alpha value is -1.86. The van der Waals surface area contributed by atoms with Gasteiger partial charge in [-0.3, -0.25) is 4.79 Å². The molecule has 1 amide bonds. The molecule has 5 nitrogen and oxygen atoms in total. The molecule has 0 radical (unpaired) electrons. The quantitative estimate of drug-likeness (QED) is 0.635. The number of rotatable bonds is 6. The number of carbonyl (C=O) groups is 1. The Kier molecular flexibility index (Phi) is 5.79. The Morgan fingerprint density at radius 2 is 2.30 bits per heavy atom. The molecule has 1 aromatic carbocycles. The Morgan fingerprint density at radius 1 is 1.57 bits per heavy atom. The summed E-state index contributed by atoms with van der Waals surface area (Å²) < 4.78 is 15.6. The predicted octanol–water partition coefficient (Wildman–Crippen LogP) is 3.68. The van der Waals surface area contributed by atoms with E-state index in [9.17, 15) is 9.18 Å². The maximum absolute atomic E-state index is 13.7. The first-order chi connectivity index (χ1) is 10.9. The molecule has 2 rings (SSSR count). The van der Waals surface area contributed by atoms with Crippen LogP contribution in [0.25, 0.3) is 0 Å². The summed E-state index contributed by atoms with van der Waals surface area (Å²) in [6.07, 6.45) is 1.73. The van der Waals surface area contributed by atoms with Crippen LogP contribution in [0.15, 0.2) is 36.0 Å². The molecule has 0 fully saturated rings. The molecule has 1 atom stereocenters. The van der Waals surface area contributed by atoms with Crippen molar-refractivity contribution < 1.29 is 9.18 Å². The monoisotopic (exact) mass is 354 g/mol. The van der Waals surface area contributed by atoms with Crippen molar-refractivity contribution in [2.75, 3.05) is 5.32 Å². The molecular weight excluding hydrogens is 339 g/mol. The van der Waals surface area contributed by atoms with Crippen molar-refractivity contribution in [1.82, 2.24) is 14.8 Å². The van der Waals surface area contributed by atoms with Gasteiger partial charge in [-0.15, -0.1) is 16.8 Å². The zero-order valence-electron chi connectivity index (χ0n) is 12.7. The van der Waals surface area contributed by atoms with E-state index in [0.717, 1.165) is 11.9 Å². The number of nitrogens with one attached hydrogen (secondary N) is 1. The van der Waals surface area contributed by atoms with Gasteiger partial charge in [0.15, 0.2) is 5.16 Å². The van der Waals surface area contributed by atoms with Crippen molar-refractivity contribution in [3.05, 3.63) is 47.5 Å². The first-order valence-corrected chi connectivity index (χ1v) is 8.11. The maximum Gasteiger partial charge on any atom is 0.237 e. The van der Waals surface area contributed by atoms with Crippen molar-refractivity contribution in [2.45, 2.75) is 30.8 Å². The molecule has 2 aromatic rings. The van der Waals surface area contributed by atoms with Gasteiger partial charge in [-0.25, -0.2) is 4.39 Å². The third-order valence-corrected chi connectivity index (χ3v) is 4.37. The molecule has 0 saturated carbocycles. The van der Waals surface area contributed by atoms with E-state index in [2.05, 4.69) is 22.1 Å². The Bertz CT molecular complexity index is 734. The highest BCUT2D eigenvalue weighted by atomic mass is 35.5. The molecule has 1 aromatic heterocycles. The summed E-state index contributed by atoms with van der Waals surface area (Å²) in [6.45, 7) is 7.79. The summed E-state index contributed by atoms with van der Waals surface area (Å²) in [5.41, 5.74) is 0.0931. The number of allylic oxidation sites excluding steroid dienone is 1. The van der Waals surface area contributed by atoms with E-state index in [-0.39, 0.29) is 16.6 Å². The lowest BCUT2D eigenvalue weighted by molar-refractivity contribution is -0.115. The van der Waals surface area contributed by atoms with Crippen LogP contribution >= 0.6 is 23.4 Å². The first kappa shape index (κ1) is 17.5. The molecule has 1 N–H and O–H groups in total. The van der Waals surface area contributed by atoms with Crippen molar-refractivity contribution in [2.24, 2.45) is 0 Å². The second-order valence-corrected chi connectivity index (χ2v) is 6.55. The molecule has 0 aliphatic carbocycles. The van der Waals surface area contributed by atoms with Gasteiger partial charge in [-0.1, -0.05) is 29.4 Å². The summed E-state index contributed by atoms with van der Waals surface area (Å²) in [5.74, 6) is -0.167. The molecule has 0 spiro atoms.